The van der Waals surface area contributed by atoms with Gasteiger partial charge in [-0.2, -0.15) is 10.2 Å². The lowest BCUT2D eigenvalue weighted by Gasteiger charge is -2.09. The van der Waals surface area contributed by atoms with Crippen molar-refractivity contribution in [3.63, 3.8) is 0 Å². The Kier molecular flexibility index (Phi) is 5.25. The highest BCUT2D eigenvalue weighted by Gasteiger charge is 2.15. The Labute approximate surface area is 152 Å². The fourth-order valence-corrected chi connectivity index (χ4v) is 3.08. The topological polar surface area (TPSA) is 74.0 Å². The van der Waals surface area contributed by atoms with Crippen molar-refractivity contribution in [2.75, 3.05) is 7.11 Å². The first-order chi connectivity index (χ1) is 12.5. The highest BCUT2D eigenvalue weighted by molar-refractivity contribution is 5.79. The van der Waals surface area contributed by atoms with E-state index in [0.29, 0.717) is 19.5 Å². The van der Waals surface area contributed by atoms with Gasteiger partial charge in [0.2, 0.25) is 5.91 Å². The number of carbonyl (C=O) groups excluding carboxylic acids is 1. The van der Waals surface area contributed by atoms with E-state index in [0.717, 1.165) is 28.0 Å². The first-order valence-electron chi connectivity index (χ1n) is 8.80. The van der Waals surface area contributed by atoms with E-state index in [1.54, 1.807) is 7.11 Å². The molecule has 0 bridgehead atoms. The molecule has 1 amide bonds. The summed E-state index contributed by atoms with van der Waals surface area (Å²) >= 11 is 0. The van der Waals surface area contributed by atoms with Crippen molar-refractivity contribution in [2.45, 2.75) is 46.3 Å². The van der Waals surface area contributed by atoms with Crippen molar-refractivity contribution in [3.8, 4) is 5.75 Å². The predicted octanol–water partition coefficient (Wildman–Crippen LogP) is 2.84. The smallest absolute Gasteiger partial charge is 0.222 e. The van der Waals surface area contributed by atoms with Gasteiger partial charge in [-0.05, 0) is 26.8 Å². The maximum Gasteiger partial charge on any atom is 0.222 e. The number of methoxy groups -OCH3 is 1. The zero-order valence-electron chi connectivity index (χ0n) is 15.7. The van der Waals surface area contributed by atoms with E-state index < -0.39 is 0 Å². The zero-order valence-corrected chi connectivity index (χ0v) is 15.7. The van der Waals surface area contributed by atoms with Gasteiger partial charge in [-0.15, -0.1) is 0 Å². The van der Waals surface area contributed by atoms with Gasteiger partial charge in [-0.25, -0.2) is 0 Å². The number of hydrogen-bond acceptors (Lipinski definition) is 4. The van der Waals surface area contributed by atoms with Gasteiger partial charge in [-0.1, -0.05) is 18.2 Å². The molecule has 0 fully saturated rings. The number of para-hydroxylation sites is 1. The molecule has 0 saturated heterocycles. The van der Waals surface area contributed by atoms with Crippen LogP contribution in [0.25, 0.3) is 11.0 Å². The number of rotatable bonds is 7. The molecule has 2 aromatic heterocycles. The Balaban J connectivity index is 1.62. The molecule has 3 rings (SSSR count). The number of fused-ring (bicyclic) bond motifs is 1. The van der Waals surface area contributed by atoms with Crippen LogP contribution in [0.2, 0.25) is 0 Å². The summed E-state index contributed by atoms with van der Waals surface area (Å²) in [6.07, 6.45) is 2.18. The number of nitrogens with zero attached hydrogens (tertiary/aromatic N) is 4. The average Bonchev–Trinajstić information content (AvgIpc) is 3.19. The molecule has 0 radical (unpaired) electrons. The van der Waals surface area contributed by atoms with E-state index in [1.165, 1.54) is 0 Å². The number of aryl methyl sites for hydroxylation is 2. The number of amides is 1. The Morgan fingerprint density at radius 1 is 1.31 bits per heavy atom. The summed E-state index contributed by atoms with van der Waals surface area (Å²) in [5.41, 5.74) is 3.89. The van der Waals surface area contributed by atoms with Crippen molar-refractivity contribution in [2.24, 2.45) is 0 Å². The van der Waals surface area contributed by atoms with E-state index in [1.807, 2.05) is 46.7 Å². The SMILES string of the molecule is COc1ccccc1CNC(=O)CCn1ncc2c1c(C)nn2C(C)C. The van der Waals surface area contributed by atoms with Crippen LogP contribution in [0, 0.1) is 6.92 Å². The molecule has 0 aliphatic rings. The molecule has 7 heteroatoms. The number of hydrogen-bond donors (Lipinski definition) is 1. The lowest BCUT2D eigenvalue weighted by molar-refractivity contribution is -0.121. The Hall–Kier alpha value is -2.83. The molecule has 0 aliphatic carbocycles. The lowest BCUT2D eigenvalue weighted by atomic mass is 10.2. The summed E-state index contributed by atoms with van der Waals surface area (Å²) in [5.74, 6) is 0.756. The van der Waals surface area contributed by atoms with E-state index in [2.05, 4.69) is 29.4 Å². The molecule has 0 saturated carbocycles. The van der Waals surface area contributed by atoms with Gasteiger partial charge in [0.25, 0.3) is 0 Å². The van der Waals surface area contributed by atoms with Crippen molar-refractivity contribution >= 4 is 16.9 Å². The molecule has 2 heterocycles. The molecule has 0 atom stereocenters. The Morgan fingerprint density at radius 3 is 2.81 bits per heavy atom. The maximum atomic E-state index is 12.2. The van der Waals surface area contributed by atoms with Crippen molar-refractivity contribution in [3.05, 3.63) is 41.7 Å². The van der Waals surface area contributed by atoms with Crippen LogP contribution in [0.4, 0.5) is 0 Å². The van der Waals surface area contributed by atoms with E-state index in [-0.39, 0.29) is 11.9 Å². The minimum Gasteiger partial charge on any atom is -0.496 e. The fraction of sp³-hybridized carbons (Fsp3) is 0.421. The fourth-order valence-electron chi connectivity index (χ4n) is 3.08. The number of ether oxygens (including phenoxy) is 1. The van der Waals surface area contributed by atoms with Crippen molar-refractivity contribution in [1.82, 2.24) is 24.9 Å². The van der Waals surface area contributed by atoms with Gasteiger partial charge in [0.1, 0.15) is 16.8 Å². The van der Waals surface area contributed by atoms with E-state index in [4.69, 9.17) is 4.74 Å². The highest BCUT2D eigenvalue weighted by atomic mass is 16.5. The van der Waals surface area contributed by atoms with Gasteiger partial charge in [0.05, 0.1) is 25.5 Å². The molecule has 1 N–H and O–H groups in total. The van der Waals surface area contributed by atoms with Crippen molar-refractivity contribution < 1.29 is 9.53 Å². The van der Waals surface area contributed by atoms with Crippen LogP contribution in [0.5, 0.6) is 5.75 Å². The predicted molar refractivity (Wildman–Crippen MR) is 100 cm³/mol. The minimum absolute atomic E-state index is 0.0199. The molecule has 26 heavy (non-hydrogen) atoms. The molecule has 1 aromatic carbocycles. The first kappa shape index (κ1) is 18.0. The Morgan fingerprint density at radius 2 is 2.08 bits per heavy atom. The molecular formula is C19H25N5O2. The van der Waals surface area contributed by atoms with Gasteiger partial charge in [0.15, 0.2) is 0 Å². The van der Waals surface area contributed by atoms with Gasteiger partial charge < -0.3 is 10.1 Å². The highest BCUT2D eigenvalue weighted by Crippen LogP contribution is 2.21. The summed E-state index contributed by atoms with van der Waals surface area (Å²) in [4.78, 5) is 12.2. The van der Waals surface area contributed by atoms with Crippen LogP contribution < -0.4 is 10.1 Å². The second-order valence-corrected chi connectivity index (χ2v) is 6.56. The third-order valence-electron chi connectivity index (χ3n) is 4.38. The minimum atomic E-state index is -0.0199. The standard InChI is InChI=1S/C19H25N5O2/c1-13(2)24-16-12-21-23(19(16)14(3)22-24)10-9-18(25)20-11-15-7-5-6-8-17(15)26-4/h5-8,12-13H,9-11H2,1-4H3,(H,20,25). The van der Waals surface area contributed by atoms with Crippen LogP contribution in [0.1, 0.15) is 37.6 Å². The second kappa shape index (κ2) is 7.59. The summed E-state index contributed by atoms with van der Waals surface area (Å²) in [6, 6.07) is 7.94. The van der Waals surface area contributed by atoms with Crippen LogP contribution in [0.15, 0.2) is 30.5 Å². The van der Waals surface area contributed by atoms with Crippen LogP contribution in [-0.4, -0.2) is 32.6 Å². The lowest BCUT2D eigenvalue weighted by Crippen LogP contribution is -2.24. The molecule has 3 aromatic rings. The molecule has 0 aliphatic heterocycles. The largest absolute Gasteiger partial charge is 0.496 e. The third-order valence-corrected chi connectivity index (χ3v) is 4.38. The number of nitrogens with one attached hydrogen (secondary N) is 1. The number of benzene rings is 1. The second-order valence-electron chi connectivity index (χ2n) is 6.56. The average molecular weight is 355 g/mol. The molecule has 7 nitrogen and oxygen atoms in total. The number of carbonyl (C=O) groups is 1. The molecule has 0 unspecified atom stereocenters. The summed E-state index contributed by atoms with van der Waals surface area (Å²) in [7, 11) is 1.63. The maximum absolute atomic E-state index is 12.2. The quantitative estimate of drug-likeness (QED) is 0.707. The number of aromatic nitrogens is 4. The third kappa shape index (κ3) is 3.56. The molecular weight excluding hydrogens is 330 g/mol. The van der Waals surface area contributed by atoms with Crippen LogP contribution in [-0.2, 0) is 17.9 Å². The monoisotopic (exact) mass is 355 g/mol. The summed E-state index contributed by atoms with van der Waals surface area (Å²) in [6.45, 7) is 7.12. The van der Waals surface area contributed by atoms with Crippen LogP contribution in [0.3, 0.4) is 0 Å². The van der Waals surface area contributed by atoms with Crippen molar-refractivity contribution in [1.29, 1.82) is 0 Å². The van der Waals surface area contributed by atoms with Gasteiger partial charge >= 0.3 is 0 Å². The molecule has 0 spiro atoms. The normalized spacial score (nSPS) is 11.3. The Bertz CT molecular complexity index is 910. The first-order valence-corrected chi connectivity index (χ1v) is 8.80. The summed E-state index contributed by atoms with van der Waals surface area (Å²) < 4.78 is 9.13. The van der Waals surface area contributed by atoms with Gasteiger partial charge in [-0.3, -0.25) is 14.2 Å². The van der Waals surface area contributed by atoms with E-state index >= 15 is 0 Å². The molecule has 138 valence electrons. The summed E-state index contributed by atoms with van der Waals surface area (Å²) in [5, 5.41) is 11.9. The zero-order chi connectivity index (χ0) is 18.7. The van der Waals surface area contributed by atoms with E-state index in [9.17, 15) is 4.79 Å². The van der Waals surface area contributed by atoms with Gasteiger partial charge in [0, 0.05) is 24.6 Å². The van der Waals surface area contributed by atoms with Crippen LogP contribution >= 0.6 is 0 Å².